The largest absolute Gasteiger partial charge is 0.378 e. The molecule has 1 rings (SSSR count). The number of anilines is 1. The van der Waals surface area contributed by atoms with Crippen LogP contribution in [0.4, 0.5) is 5.69 Å². The topological polar surface area (TPSA) is 50.2 Å². The van der Waals surface area contributed by atoms with Crippen molar-refractivity contribution in [1.82, 2.24) is 14.7 Å². The number of halogens is 1. The summed E-state index contributed by atoms with van der Waals surface area (Å²) in [5.74, 6) is 2.39. The second kappa shape index (κ2) is 7.93. The Morgan fingerprint density at radius 1 is 1.65 bits per heavy atom. The van der Waals surface area contributed by atoms with Crippen LogP contribution in [0, 0.1) is 12.3 Å². The third-order valence-electron chi connectivity index (χ3n) is 3.35. The summed E-state index contributed by atoms with van der Waals surface area (Å²) in [4.78, 5) is 14.3. The predicted molar refractivity (Wildman–Crippen MR) is 83.2 cm³/mol. The third kappa shape index (κ3) is 4.26. The second-order valence-corrected chi connectivity index (χ2v) is 5.11. The van der Waals surface area contributed by atoms with Gasteiger partial charge in [0.2, 0.25) is 0 Å². The van der Waals surface area contributed by atoms with E-state index >= 15 is 0 Å². The summed E-state index contributed by atoms with van der Waals surface area (Å²) in [6, 6.07) is 0.503. The standard InChI is InChI=1S/C14H21ClN4O/c1-5-8-19-14(20)13(12(15)10-17-19)16-7-9-18(4)11(3)6-2/h1,10-11,16H,6-9H2,2-4H3. The molecule has 0 spiro atoms. The van der Waals surface area contributed by atoms with Crippen LogP contribution < -0.4 is 10.9 Å². The molecule has 0 aliphatic rings. The Labute approximate surface area is 124 Å². The lowest BCUT2D eigenvalue weighted by Gasteiger charge is -2.23. The normalized spacial score (nSPS) is 12.2. The van der Waals surface area contributed by atoms with Gasteiger partial charge in [-0.3, -0.25) is 4.79 Å². The maximum atomic E-state index is 12.1. The molecule has 0 bridgehead atoms. The highest BCUT2D eigenvalue weighted by atomic mass is 35.5. The number of nitrogens with one attached hydrogen (secondary N) is 1. The van der Waals surface area contributed by atoms with E-state index in [0.29, 0.717) is 23.3 Å². The van der Waals surface area contributed by atoms with Crippen molar-refractivity contribution < 1.29 is 0 Å². The minimum atomic E-state index is -0.290. The van der Waals surface area contributed by atoms with E-state index in [4.69, 9.17) is 18.0 Å². The number of rotatable bonds is 7. The summed E-state index contributed by atoms with van der Waals surface area (Å²) >= 11 is 6.00. The zero-order valence-electron chi connectivity index (χ0n) is 12.2. The van der Waals surface area contributed by atoms with Crippen LogP contribution in [0.15, 0.2) is 11.0 Å². The summed E-state index contributed by atoms with van der Waals surface area (Å²) in [5.41, 5.74) is 0.0658. The summed E-state index contributed by atoms with van der Waals surface area (Å²) in [5, 5.41) is 7.28. The van der Waals surface area contributed by atoms with Crippen molar-refractivity contribution in [3.05, 3.63) is 21.6 Å². The van der Waals surface area contributed by atoms with Gasteiger partial charge in [-0.05, 0) is 20.4 Å². The van der Waals surface area contributed by atoms with E-state index in [1.165, 1.54) is 10.9 Å². The van der Waals surface area contributed by atoms with Crippen molar-refractivity contribution in [3.8, 4) is 12.3 Å². The molecule has 0 aromatic carbocycles. The van der Waals surface area contributed by atoms with E-state index in [2.05, 4.69) is 42.1 Å². The monoisotopic (exact) mass is 296 g/mol. The average Bonchev–Trinajstić information content (AvgIpc) is 2.44. The van der Waals surface area contributed by atoms with Gasteiger partial charge in [0.25, 0.3) is 5.56 Å². The third-order valence-corrected chi connectivity index (χ3v) is 3.63. The smallest absolute Gasteiger partial charge is 0.292 e. The van der Waals surface area contributed by atoms with Crippen molar-refractivity contribution in [2.45, 2.75) is 32.9 Å². The van der Waals surface area contributed by atoms with Gasteiger partial charge in [-0.1, -0.05) is 24.4 Å². The van der Waals surface area contributed by atoms with E-state index in [9.17, 15) is 4.79 Å². The molecule has 5 nitrogen and oxygen atoms in total. The maximum absolute atomic E-state index is 12.1. The number of likely N-dealkylation sites (N-methyl/N-ethyl adjacent to an activating group) is 1. The molecule has 0 saturated heterocycles. The van der Waals surface area contributed by atoms with Gasteiger partial charge in [0.1, 0.15) is 12.2 Å². The Hall–Kier alpha value is -1.51. The van der Waals surface area contributed by atoms with E-state index in [0.717, 1.165) is 13.0 Å². The van der Waals surface area contributed by atoms with Gasteiger partial charge in [-0.25, -0.2) is 4.68 Å². The fraction of sp³-hybridized carbons (Fsp3) is 0.571. The number of nitrogens with zero attached hydrogens (tertiary/aromatic N) is 3. The van der Waals surface area contributed by atoms with Crippen molar-refractivity contribution in [1.29, 1.82) is 0 Å². The number of aromatic nitrogens is 2. The van der Waals surface area contributed by atoms with Crippen LogP contribution in [0.5, 0.6) is 0 Å². The Bertz CT molecular complexity index is 535. The van der Waals surface area contributed by atoms with E-state index in [1.54, 1.807) is 0 Å². The molecule has 20 heavy (non-hydrogen) atoms. The van der Waals surface area contributed by atoms with E-state index < -0.39 is 0 Å². The van der Waals surface area contributed by atoms with Gasteiger partial charge in [0.05, 0.1) is 11.2 Å². The SMILES string of the molecule is C#CCn1ncc(Cl)c(NCCN(C)C(C)CC)c1=O. The first-order valence-corrected chi connectivity index (χ1v) is 7.02. The molecular formula is C14H21ClN4O. The molecule has 0 amide bonds. The quantitative estimate of drug-likeness (QED) is 0.778. The molecule has 1 aromatic rings. The molecule has 110 valence electrons. The number of terminal acetylenes is 1. The van der Waals surface area contributed by atoms with Gasteiger partial charge in [-0.2, -0.15) is 5.10 Å². The Kier molecular flexibility index (Phi) is 6.56. The lowest BCUT2D eigenvalue weighted by atomic mass is 10.2. The van der Waals surface area contributed by atoms with Crippen LogP contribution >= 0.6 is 11.6 Å². The van der Waals surface area contributed by atoms with Gasteiger partial charge in [0, 0.05) is 19.1 Å². The Morgan fingerprint density at radius 3 is 2.95 bits per heavy atom. The Morgan fingerprint density at radius 2 is 2.35 bits per heavy atom. The summed E-state index contributed by atoms with van der Waals surface area (Å²) in [7, 11) is 2.06. The van der Waals surface area contributed by atoms with E-state index in [1.807, 2.05) is 0 Å². The van der Waals surface area contributed by atoms with Crippen LogP contribution in [0.1, 0.15) is 20.3 Å². The minimum absolute atomic E-state index is 0.136. The molecule has 0 fully saturated rings. The highest BCUT2D eigenvalue weighted by molar-refractivity contribution is 6.32. The highest BCUT2D eigenvalue weighted by Crippen LogP contribution is 2.14. The summed E-state index contributed by atoms with van der Waals surface area (Å²) in [6.07, 6.45) is 7.71. The van der Waals surface area contributed by atoms with Crippen LogP contribution in [0.3, 0.4) is 0 Å². The van der Waals surface area contributed by atoms with Gasteiger partial charge in [0.15, 0.2) is 0 Å². The number of hydrogen-bond donors (Lipinski definition) is 1. The molecule has 0 saturated carbocycles. The average molecular weight is 297 g/mol. The predicted octanol–water partition coefficient (Wildman–Crippen LogP) is 1.67. The highest BCUT2D eigenvalue weighted by Gasteiger charge is 2.10. The molecule has 0 aliphatic heterocycles. The molecular weight excluding hydrogens is 276 g/mol. The zero-order valence-corrected chi connectivity index (χ0v) is 12.9. The van der Waals surface area contributed by atoms with Crippen molar-refractivity contribution in [3.63, 3.8) is 0 Å². The molecule has 6 heteroatoms. The minimum Gasteiger partial charge on any atom is -0.378 e. The first-order chi connectivity index (χ1) is 9.51. The van der Waals surface area contributed by atoms with Crippen molar-refractivity contribution >= 4 is 17.3 Å². The molecule has 0 radical (unpaired) electrons. The van der Waals surface area contributed by atoms with Gasteiger partial charge in [-0.15, -0.1) is 6.42 Å². The van der Waals surface area contributed by atoms with Crippen LogP contribution in [0.2, 0.25) is 5.02 Å². The lowest BCUT2D eigenvalue weighted by Crippen LogP contribution is -2.34. The fourth-order valence-electron chi connectivity index (χ4n) is 1.72. The van der Waals surface area contributed by atoms with Crippen molar-refractivity contribution in [2.24, 2.45) is 0 Å². The molecule has 0 aliphatic carbocycles. The molecule has 1 unspecified atom stereocenters. The fourth-order valence-corrected chi connectivity index (χ4v) is 1.91. The van der Waals surface area contributed by atoms with E-state index in [-0.39, 0.29) is 12.1 Å². The van der Waals surface area contributed by atoms with Crippen molar-refractivity contribution in [2.75, 3.05) is 25.5 Å². The maximum Gasteiger partial charge on any atom is 0.292 e. The second-order valence-electron chi connectivity index (χ2n) is 4.70. The molecule has 1 aromatic heterocycles. The summed E-state index contributed by atoms with van der Waals surface area (Å²) < 4.78 is 1.21. The number of hydrogen-bond acceptors (Lipinski definition) is 4. The van der Waals surface area contributed by atoms with Gasteiger partial charge < -0.3 is 10.2 Å². The molecule has 1 N–H and O–H groups in total. The lowest BCUT2D eigenvalue weighted by molar-refractivity contribution is 0.261. The first-order valence-electron chi connectivity index (χ1n) is 6.64. The van der Waals surface area contributed by atoms with Crippen LogP contribution in [0.25, 0.3) is 0 Å². The van der Waals surface area contributed by atoms with Gasteiger partial charge >= 0.3 is 0 Å². The Balaban J connectivity index is 2.71. The zero-order chi connectivity index (χ0) is 15.1. The molecule has 1 heterocycles. The van der Waals surface area contributed by atoms with Crippen LogP contribution in [-0.2, 0) is 6.54 Å². The molecule has 1 atom stereocenters. The van der Waals surface area contributed by atoms with Crippen LogP contribution in [-0.4, -0.2) is 40.9 Å². The summed E-state index contributed by atoms with van der Waals surface area (Å²) in [6.45, 7) is 5.90. The first kappa shape index (κ1) is 16.5.